The van der Waals surface area contributed by atoms with Gasteiger partial charge in [0, 0.05) is 12.8 Å². The third-order valence-electron chi connectivity index (χ3n) is 1.64. The summed E-state index contributed by atoms with van der Waals surface area (Å²) >= 11 is 0. The highest BCUT2D eigenvalue weighted by molar-refractivity contribution is 6.76. The van der Waals surface area contributed by atoms with E-state index in [0.717, 1.165) is 25.9 Å². The Bertz CT molecular complexity index is 114. The highest BCUT2D eigenvalue weighted by Crippen LogP contribution is 2.10. The zero-order valence-corrected chi connectivity index (χ0v) is 8.72. The fourth-order valence-electron chi connectivity index (χ4n) is 1.01. The van der Waals surface area contributed by atoms with Gasteiger partial charge in [-0.1, -0.05) is 19.6 Å². The van der Waals surface area contributed by atoms with Crippen LogP contribution in [0.1, 0.15) is 6.42 Å². The van der Waals surface area contributed by atoms with Crippen molar-refractivity contribution in [2.24, 2.45) is 0 Å². The average Bonchev–Trinajstić information content (AvgIpc) is 2.32. The number of hydrogen-bond acceptors (Lipinski definition) is 2. The monoisotopic (exact) mass is 174 g/mol. The van der Waals surface area contributed by atoms with Crippen LogP contribution in [0.15, 0.2) is 0 Å². The van der Waals surface area contributed by atoms with Crippen LogP contribution in [0.3, 0.4) is 0 Å². The molecule has 0 spiro atoms. The summed E-state index contributed by atoms with van der Waals surface area (Å²) in [5.74, 6) is 0. The first kappa shape index (κ1) is 9.23. The van der Waals surface area contributed by atoms with Crippen molar-refractivity contribution in [1.82, 2.24) is 0 Å². The van der Waals surface area contributed by atoms with Gasteiger partial charge in [-0.25, -0.2) is 0 Å². The second-order valence-electron chi connectivity index (χ2n) is 4.36. The second kappa shape index (κ2) is 3.69. The molecule has 0 N–H and O–H groups in total. The fourth-order valence-corrected chi connectivity index (χ4v) is 1.75. The molecule has 0 aromatic rings. The third kappa shape index (κ3) is 3.89. The lowest BCUT2D eigenvalue weighted by Gasteiger charge is -2.18. The highest BCUT2D eigenvalue weighted by Gasteiger charge is 2.20. The highest BCUT2D eigenvalue weighted by atomic mass is 28.3. The first-order valence-corrected chi connectivity index (χ1v) is 7.98. The summed E-state index contributed by atoms with van der Waals surface area (Å²) in [6.07, 6.45) is 2.45. The van der Waals surface area contributed by atoms with Gasteiger partial charge in [0.05, 0.1) is 20.8 Å². The predicted molar refractivity (Wildman–Crippen MR) is 48.5 cm³/mol. The lowest BCUT2D eigenvalue weighted by atomic mass is 10.3. The van der Waals surface area contributed by atoms with E-state index in [4.69, 9.17) is 9.47 Å². The van der Waals surface area contributed by atoms with Crippen LogP contribution in [0.5, 0.6) is 0 Å². The van der Waals surface area contributed by atoms with E-state index < -0.39 is 8.07 Å². The first-order valence-electron chi connectivity index (χ1n) is 4.27. The van der Waals surface area contributed by atoms with Crippen molar-refractivity contribution in [3.05, 3.63) is 0 Å². The van der Waals surface area contributed by atoms with E-state index in [1.807, 2.05) is 0 Å². The number of ether oxygens (including phenoxy) is 2. The van der Waals surface area contributed by atoms with Gasteiger partial charge >= 0.3 is 0 Å². The van der Waals surface area contributed by atoms with E-state index in [0.29, 0.717) is 6.10 Å². The van der Waals surface area contributed by atoms with E-state index in [-0.39, 0.29) is 0 Å². The standard InChI is InChI=1S/C8H18O2Si/c1-11(2,3)7-10-8-4-5-9-6-8/h8H,4-7H2,1-3H3. The fraction of sp³-hybridized carbons (Fsp3) is 1.00. The minimum atomic E-state index is -1.00. The topological polar surface area (TPSA) is 18.5 Å². The van der Waals surface area contributed by atoms with Crippen molar-refractivity contribution in [2.45, 2.75) is 32.2 Å². The molecule has 1 heterocycles. The third-order valence-corrected chi connectivity index (χ3v) is 2.67. The summed E-state index contributed by atoms with van der Waals surface area (Å²) in [5, 5.41) is 0. The molecule has 0 aliphatic carbocycles. The van der Waals surface area contributed by atoms with Gasteiger partial charge in [0.2, 0.25) is 0 Å². The smallest absolute Gasteiger partial charge is 0.0826 e. The van der Waals surface area contributed by atoms with Crippen molar-refractivity contribution in [3.8, 4) is 0 Å². The summed E-state index contributed by atoms with van der Waals surface area (Å²) in [6.45, 7) is 8.66. The second-order valence-corrected chi connectivity index (χ2v) is 9.77. The van der Waals surface area contributed by atoms with Crippen molar-refractivity contribution < 1.29 is 9.47 Å². The van der Waals surface area contributed by atoms with Gasteiger partial charge in [0.1, 0.15) is 0 Å². The average molecular weight is 174 g/mol. The molecule has 0 radical (unpaired) electrons. The molecule has 1 aliphatic rings. The van der Waals surface area contributed by atoms with Crippen LogP contribution in [0.4, 0.5) is 0 Å². The summed E-state index contributed by atoms with van der Waals surface area (Å²) in [5.41, 5.74) is 0. The van der Waals surface area contributed by atoms with E-state index in [1.165, 1.54) is 0 Å². The molecule has 66 valence electrons. The van der Waals surface area contributed by atoms with Gasteiger partial charge in [0.15, 0.2) is 0 Å². The Kier molecular flexibility index (Phi) is 3.10. The van der Waals surface area contributed by atoms with Crippen LogP contribution in [0, 0.1) is 0 Å². The Balaban J connectivity index is 2.11. The summed E-state index contributed by atoms with van der Waals surface area (Å²) in [4.78, 5) is 0. The Hall–Kier alpha value is 0.137. The maximum Gasteiger partial charge on any atom is 0.0826 e. The minimum absolute atomic E-state index is 0.390. The van der Waals surface area contributed by atoms with Crippen LogP contribution in [-0.4, -0.2) is 33.6 Å². The molecule has 1 atom stereocenters. The lowest BCUT2D eigenvalue weighted by molar-refractivity contribution is 0.0669. The maximum atomic E-state index is 5.70. The van der Waals surface area contributed by atoms with Gasteiger partial charge < -0.3 is 9.47 Å². The van der Waals surface area contributed by atoms with Crippen LogP contribution in [0.25, 0.3) is 0 Å². The Morgan fingerprint density at radius 2 is 2.18 bits per heavy atom. The van der Waals surface area contributed by atoms with E-state index in [9.17, 15) is 0 Å². The van der Waals surface area contributed by atoms with E-state index >= 15 is 0 Å². The molecule has 0 amide bonds. The molecule has 0 saturated carbocycles. The van der Waals surface area contributed by atoms with Crippen LogP contribution in [0.2, 0.25) is 19.6 Å². The quantitative estimate of drug-likeness (QED) is 0.606. The molecule has 1 rings (SSSR count). The van der Waals surface area contributed by atoms with Crippen molar-refractivity contribution in [3.63, 3.8) is 0 Å². The number of hydrogen-bond donors (Lipinski definition) is 0. The van der Waals surface area contributed by atoms with Gasteiger partial charge in [0.25, 0.3) is 0 Å². The first-order chi connectivity index (χ1) is 5.08. The normalized spacial score (nSPS) is 25.9. The maximum absolute atomic E-state index is 5.70. The number of rotatable bonds is 3. The molecule has 0 bridgehead atoms. The molecular formula is C8H18O2Si. The molecule has 0 aromatic heterocycles. The Morgan fingerprint density at radius 3 is 2.64 bits per heavy atom. The lowest BCUT2D eigenvalue weighted by Crippen LogP contribution is -2.31. The van der Waals surface area contributed by atoms with E-state index in [1.54, 1.807) is 0 Å². The zero-order valence-electron chi connectivity index (χ0n) is 7.72. The molecule has 0 aromatic carbocycles. The summed E-state index contributed by atoms with van der Waals surface area (Å²) in [6, 6.07) is 0. The van der Waals surface area contributed by atoms with Crippen molar-refractivity contribution >= 4 is 8.07 Å². The van der Waals surface area contributed by atoms with Gasteiger partial charge in [-0.2, -0.15) is 0 Å². The zero-order chi connectivity index (χ0) is 8.32. The molecule has 11 heavy (non-hydrogen) atoms. The Labute approximate surface area is 69.9 Å². The predicted octanol–water partition coefficient (Wildman–Crippen LogP) is 1.67. The van der Waals surface area contributed by atoms with Crippen molar-refractivity contribution in [2.75, 3.05) is 19.4 Å². The Morgan fingerprint density at radius 1 is 1.45 bits per heavy atom. The molecule has 3 heteroatoms. The molecule has 1 unspecified atom stereocenters. The van der Waals surface area contributed by atoms with E-state index in [2.05, 4.69) is 19.6 Å². The summed E-state index contributed by atoms with van der Waals surface area (Å²) in [7, 11) is -1.00. The summed E-state index contributed by atoms with van der Waals surface area (Å²) < 4.78 is 10.9. The van der Waals surface area contributed by atoms with Crippen LogP contribution in [-0.2, 0) is 9.47 Å². The van der Waals surface area contributed by atoms with Gasteiger partial charge in [-0.3, -0.25) is 0 Å². The largest absolute Gasteiger partial charge is 0.379 e. The van der Waals surface area contributed by atoms with Crippen LogP contribution >= 0.6 is 0 Å². The van der Waals surface area contributed by atoms with Gasteiger partial charge in [-0.05, 0) is 6.42 Å². The van der Waals surface area contributed by atoms with Gasteiger partial charge in [-0.15, -0.1) is 0 Å². The van der Waals surface area contributed by atoms with Crippen molar-refractivity contribution in [1.29, 1.82) is 0 Å². The molecule has 1 saturated heterocycles. The molecule has 1 aliphatic heterocycles. The SMILES string of the molecule is C[Si](C)(C)COC1CCOC1. The molecule has 2 nitrogen and oxygen atoms in total. The molecular weight excluding hydrogens is 156 g/mol. The molecule has 1 fully saturated rings. The van der Waals surface area contributed by atoms with Crippen LogP contribution < -0.4 is 0 Å². The minimum Gasteiger partial charge on any atom is -0.379 e.